The van der Waals surface area contributed by atoms with Gasteiger partial charge in [-0.2, -0.15) is 4.31 Å². The van der Waals surface area contributed by atoms with E-state index in [1.165, 1.54) is 30.7 Å². The highest BCUT2D eigenvalue weighted by atomic mass is 35.5. The Kier molecular flexibility index (Phi) is 9.14. The number of rotatable bonds is 7. The molecule has 0 bridgehead atoms. The maximum atomic E-state index is 13.5. The number of carbonyl (C=O) groups is 1. The Hall–Kier alpha value is -2.64. The van der Waals surface area contributed by atoms with Crippen molar-refractivity contribution in [2.45, 2.75) is 11.3 Å². The standard InChI is InChI=1S/C22H28ClN5O5S2/c1-27-8-10-28(11-9-27)35(30,31)20-14-19(33-3)18(32-2)12-15(20)13-21(29)25-26-22(34)24-17-6-4-16(23)5-7-17/h4-7,12,14H,8-11,13H2,1-3H3,(H,25,29)(H2,24,26,34). The predicted octanol–water partition coefficient (Wildman–Crippen LogP) is 1.85. The first-order valence-electron chi connectivity index (χ1n) is 10.7. The molecule has 3 N–H and O–H groups in total. The molecule has 10 nitrogen and oxygen atoms in total. The summed E-state index contributed by atoms with van der Waals surface area (Å²) in [4.78, 5) is 14.8. The lowest BCUT2D eigenvalue weighted by Gasteiger charge is -2.32. The number of anilines is 1. The highest BCUT2D eigenvalue weighted by Gasteiger charge is 2.31. The quantitative estimate of drug-likeness (QED) is 0.357. The number of amides is 1. The zero-order chi connectivity index (χ0) is 25.6. The number of carbonyl (C=O) groups excluding carboxylic acids is 1. The lowest BCUT2D eigenvalue weighted by atomic mass is 10.1. The number of ether oxygens (including phenoxy) is 2. The summed E-state index contributed by atoms with van der Waals surface area (Å²) in [5.41, 5.74) is 6.05. The molecule has 0 aliphatic carbocycles. The summed E-state index contributed by atoms with van der Waals surface area (Å²) in [6.07, 6.45) is -0.237. The number of hydrogen-bond donors (Lipinski definition) is 3. The normalized spacial score (nSPS) is 14.7. The zero-order valence-electron chi connectivity index (χ0n) is 19.6. The van der Waals surface area contributed by atoms with Crippen molar-refractivity contribution in [3.8, 4) is 11.5 Å². The lowest BCUT2D eigenvalue weighted by molar-refractivity contribution is -0.121. The van der Waals surface area contributed by atoms with Crippen LogP contribution in [0.15, 0.2) is 41.3 Å². The molecule has 190 valence electrons. The van der Waals surface area contributed by atoms with Gasteiger partial charge in [0.15, 0.2) is 16.6 Å². The Labute approximate surface area is 215 Å². The van der Waals surface area contributed by atoms with E-state index in [9.17, 15) is 13.2 Å². The number of nitrogens with zero attached hydrogens (tertiary/aromatic N) is 2. The van der Waals surface area contributed by atoms with Crippen LogP contribution in [0, 0.1) is 0 Å². The van der Waals surface area contributed by atoms with Gasteiger partial charge in [0.05, 0.1) is 25.5 Å². The van der Waals surface area contributed by atoms with Crippen LogP contribution < -0.4 is 25.6 Å². The van der Waals surface area contributed by atoms with Crippen LogP contribution in [0.5, 0.6) is 11.5 Å². The van der Waals surface area contributed by atoms with Crippen LogP contribution >= 0.6 is 23.8 Å². The molecule has 1 aliphatic rings. The van der Waals surface area contributed by atoms with E-state index in [1.807, 2.05) is 7.05 Å². The van der Waals surface area contributed by atoms with Gasteiger partial charge in [0.25, 0.3) is 0 Å². The van der Waals surface area contributed by atoms with Crippen LogP contribution in [-0.2, 0) is 21.2 Å². The maximum absolute atomic E-state index is 13.5. The number of nitrogens with one attached hydrogen (secondary N) is 3. The Morgan fingerprint density at radius 3 is 2.23 bits per heavy atom. The molecule has 13 heteroatoms. The summed E-state index contributed by atoms with van der Waals surface area (Å²) in [5.74, 6) is 0.0867. The smallest absolute Gasteiger partial charge is 0.243 e. The zero-order valence-corrected chi connectivity index (χ0v) is 22.0. The van der Waals surface area contributed by atoms with E-state index in [2.05, 4.69) is 21.1 Å². The molecule has 2 aromatic carbocycles. The Bertz CT molecular complexity index is 1170. The number of sulfonamides is 1. The number of methoxy groups -OCH3 is 2. The molecule has 1 amide bonds. The molecule has 0 radical (unpaired) electrons. The van der Waals surface area contributed by atoms with E-state index in [-0.39, 0.29) is 27.7 Å². The van der Waals surface area contributed by atoms with Crippen molar-refractivity contribution in [2.24, 2.45) is 0 Å². The van der Waals surface area contributed by atoms with Gasteiger partial charge in [-0.25, -0.2) is 8.42 Å². The van der Waals surface area contributed by atoms with Gasteiger partial charge in [0, 0.05) is 43.0 Å². The molecule has 0 aromatic heterocycles. The fourth-order valence-electron chi connectivity index (χ4n) is 3.49. The van der Waals surface area contributed by atoms with Crippen LogP contribution in [0.3, 0.4) is 0 Å². The third-order valence-electron chi connectivity index (χ3n) is 5.42. The highest BCUT2D eigenvalue weighted by Crippen LogP contribution is 2.34. The fraction of sp³-hybridized carbons (Fsp3) is 0.364. The van der Waals surface area contributed by atoms with Gasteiger partial charge in [-0.1, -0.05) is 11.6 Å². The molecule has 0 unspecified atom stereocenters. The summed E-state index contributed by atoms with van der Waals surface area (Å²) in [7, 11) is 0.936. The molecule has 0 spiro atoms. The number of hydrazine groups is 1. The van der Waals surface area contributed by atoms with Crippen molar-refractivity contribution < 1.29 is 22.7 Å². The van der Waals surface area contributed by atoms with E-state index < -0.39 is 15.9 Å². The first-order valence-corrected chi connectivity index (χ1v) is 12.9. The molecule has 0 saturated carbocycles. The number of likely N-dealkylation sites (N-methyl/N-ethyl adjacent to an activating group) is 1. The van der Waals surface area contributed by atoms with E-state index in [0.29, 0.717) is 42.6 Å². The summed E-state index contributed by atoms with van der Waals surface area (Å²) in [6.45, 7) is 1.94. The molecule has 1 heterocycles. The number of piperazine rings is 1. The van der Waals surface area contributed by atoms with Crippen LogP contribution in [-0.4, -0.2) is 76.1 Å². The Morgan fingerprint density at radius 2 is 1.63 bits per heavy atom. The second-order valence-corrected chi connectivity index (χ2v) is 10.6. The van der Waals surface area contributed by atoms with E-state index in [4.69, 9.17) is 33.3 Å². The molecular formula is C22H28ClN5O5S2. The van der Waals surface area contributed by atoms with Crippen molar-refractivity contribution in [3.63, 3.8) is 0 Å². The second kappa shape index (κ2) is 11.9. The number of thiocarbonyl (C=S) groups is 1. The minimum Gasteiger partial charge on any atom is -0.493 e. The van der Waals surface area contributed by atoms with Gasteiger partial charge >= 0.3 is 0 Å². The van der Waals surface area contributed by atoms with Gasteiger partial charge < -0.3 is 19.7 Å². The Balaban J connectivity index is 1.76. The minimum absolute atomic E-state index is 0.00304. The SMILES string of the molecule is COc1cc(CC(=O)NNC(=S)Nc2ccc(Cl)cc2)c(S(=O)(=O)N2CCN(C)CC2)cc1OC. The van der Waals surface area contributed by atoms with Gasteiger partial charge in [-0.05, 0) is 55.2 Å². The van der Waals surface area contributed by atoms with Gasteiger partial charge in [-0.3, -0.25) is 15.6 Å². The average molecular weight is 542 g/mol. The van der Waals surface area contributed by atoms with Crippen molar-refractivity contribution in [1.29, 1.82) is 0 Å². The largest absolute Gasteiger partial charge is 0.493 e. The maximum Gasteiger partial charge on any atom is 0.243 e. The van der Waals surface area contributed by atoms with Gasteiger partial charge in [0.1, 0.15) is 0 Å². The third-order valence-corrected chi connectivity index (χ3v) is 7.85. The summed E-state index contributed by atoms with van der Waals surface area (Å²) in [5, 5.41) is 3.64. The van der Waals surface area contributed by atoms with Crippen molar-refractivity contribution in [3.05, 3.63) is 47.0 Å². The summed E-state index contributed by atoms with van der Waals surface area (Å²) >= 11 is 11.1. The van der Waals surface area contributed by atoms with Gasteiger partial charge in [0.2, 0.25) is 15.9 Å². The molecule has 1 fully saturated rings. The van der Waals surface area contributed by atoms with E-state index >= 15 is 0 Å². The monoisotopic (exact) mass is 541 g/mol. The summed E-state index contributed by atoms with van der Waals surface area (Å²) in [6, 6.07) is 9.77. The van der Waals surface area contributed by atoms with Crippen LogP contribution in [0.2, 0.25) is 5.02 Å². The number of benzene rings is 2. The van der Waals surface area contributed by atoms with Crippen molar-refractivity contribution >= 4 is 50.5 Å². The highest BCUT2D eigenvalue weighted by molar-refractivity contribution is 7.89. The Morgan fingerprint density at radius 1 is 1.03 bits per heavy atom. The number of halogens is 1. The molecule has 35 heavy (non-hydrogen) atoms. The molecule has 2 aromatic rings. The third kappa shape index (κ3) is 6.95. The lowest BCUT2D eigenvalue weighted by Crippen LogP contribution is -2.47. The van der Waals surface area contributed by atoms with E-state index in [0.717, 1.165) is 0 Å². The molecule has 1 aliphatic heterocycles. The van der Waals surface area contributed by atoms with Crippen LogP contribution in [0.25, 0.3) is 0 Å². The van der Waals surface area contributed by atoms with E-state index in [1.54, 1.807) is 24.3 Å². The number of hydrogen-bond acceptors (Lipinski definition) is 7. The molecule has 1 saturated heterocycles. The molecule has 3 rings (SSSR count). The first-order chi connectivity index (χ1) is 16.6. The van der Waals surface area contributed by atoms with Crippen LogP contribution in [0.4, 0.5) is 5.69 Å². The van der Waals surface area contributed by atoms with Crippen molar-refractivity contribution in [2.75, 3.05) is 52.8 Å². The first kappa shape index (κ1) is 27.0. The predicted molar refractivity (Wildman–Crippen MR) is 138 cm³/mol. The van der Waals surface area contributed by atoms with Gasteiger partial charge in [-0.15, -0.1) is 0 Å². The van der Waals surface area contributed by atoms with Crippen molar-refractivity contribution in [1.82, 2.24) is 20.1 Å². The fourth-order valence-corrected chi connectivity index (χ4v) is 5.42. The van der Waals surface area contributed by atoms with Crippen LogP contribution in [0.1, 0.15) is 5.56 Å². The summed E-state index contributed by atoms with van der Waals surface area (Å²) < 4.78 is 39.0. The second-order valence-electron chi connectivity index (χ2n) is 7.83. The molecular weight excluding hydrogens is 514 g/mol. The molecule has 0 atom stereocenters. The minimum atomic E-state index is -3.87. The topological polar surface area (TPSA) is 112 Å². The average Bonchev–Trinajstić information content (AvgIpc) is 2.84.